The van der Waals surface area contributed by atoms with Crippen LogP contribution < -0.4 is 10.5 Å². The molecule has 2 atom stereocenters. The van der Waals surface area contributed by atoms with Crippen molar-refractivity contribution in [3.05, 3.63) is 24.5 Å². The number of nitrogens with two attached hydrogens (primary N) is 1. The van der Waals surface area contributed by atoms with E-state index in [1.165, 1.54) is 24.5 Å². The molecule has 0 aliphatic heterocycles. The van der Waals surface area contributed by atoms with Gasteiger partial charge in [-0.3, -0.25) is 9.78 Å². The van der Waals surface area contributed by atoms with Crippen molar-refractivity contribution >= 4 is 15.9 Å². The van der Waals surface area contributed by atoms with Crippen LogP contribution in [0, 0.1) is 5.92 Å². The first-order chi connectivity index (χ1) is 8.38. The molecule has 1 aromatic heterocycles. The maximum Gasteiger partial charge on any atom is 0.242 e. The molecule has 0 radical (unpaired) electrons. The number of sulfonamides is 1. The highest BCUT2D eigenvalue weighted by atomic mass is 32.2. The molecule has 18 heavy (non-hydrogen) atoms. The van der Waals surface area contributed by atoms with Crippen LogP contribution in [0.15, 0.2) is 29.4 Å². The van der Waals surface area contributed by atoms with Gasteiger partial charge in [-0.15, -0.1) is 0 Å². The number of amides is 1. The maximum atomic E-state index is 12.0. The topological polar surface area (TPSA) is 102 Å². The number of aromatic nitrogens is 1. The van der Waals surface area contributed by atoms with E-state index in [0.717, 1.165) is 0 Å². The molecular formula is C11H17N3O3S. The predicted octanol–water partition coefficient (Wildman–Crippen LogP) is 0.260. The Morgan fingerprint density at radius 3 is 2.67 bits per heavy atom. The number of primary amides is 1. The third-order valence-electron chi connectivity index (χ3n) is 2.75. The fourth-order valence-corrected chi connectivity index (χ4v) is 2.71. The Labute approximate surface area is 107 Å². The van der Waals surface area contributed by atoms with Crippen molar-refractivity contribution in [1.29, 1.82) is 0 Å². The fourth-order valence-electron chi connectivity index (χ4n) is 1.43. The largest absolute Gasteiger partial charge is 0.368 e. The quantitative estimate of drug-likeness (QED) is 0.774. The molecule has 6 nitrogen and oxygen atoms in total. The number of nitrogens with zero attached hydrogens (tertiary/aromatic N) is 1. The molecule has 1 amide bonds. The summed E-state index contributed by atoms with van der Waals surface area (Å²) in [7, 11) is -3.77. The monoisotopic (exact) mass is 271 g/mol. The van der Waals surface area contributed by atoms with Crippen LogP contribution in [0.5, 0.6) is 0 Å². The van der Waals surface area contributed by atoms with E-state index >= 15 is 0 Å². The summed E-state index contributed by atoms with van der Waals surface area (Å²) in [5.41, 5.74) is 5.22. The zero-order valence-electron chi connectivity index (χ0n) is 10.3. The van der Waals surface area contributed by atoms with E-state index in [2.05, 4.69) is 9.71 Å². The van der Waals surface area contributed by atoms with Gasteiger partial charge in [-0.05, 0) is 18.1 Å². The number of rotatable bonds is 6. The number of pyridine rings is 1. The van der Waals surface area contributed by atoms with Crippen LogP contribution in [-0.2, 0) is 14.8 Å². The summed E-state index contributed by atoms with van der Waals surface area (Å²) in [6.45, 7) is 3.63. The summed E-state index contributed by atoms with van der Waals surface area (Å²) >= 11 is 0. The molecule has 0 aliphatic carbocycles. The van der Waals surface area contributed by atoms with Gasteiger partial charge < -0.3 is 5.73 Å². The first kappa shape index (κ1) is 14.6. The molecule has 0 saturated carbocycles. The molecule has 100 valence electrons. The Bertz CT molecular complexity index is 502. The van der Waals surface area contributed by atoms with Gasteiger partial charge in [0.15, 0.2) is 0 Å². The zero-order valence-corrected chi connectivity index (χ0v) is 11.1. The molecule has 0 saturated heterocycles. The highest BCUT2D eigenvalue weighted by Crippen LogP contribution is 2.12. The van der Waals surface area contributed by atoms with Crippen molar-refractivity contribution in [2.24, 2.45) is 11.7 Å². The Balaban J connectivity index is 2.97. The van der Waals surface area contributed by atoms with Gasteiger partial charge in [0.2, 0.25) is 15.9 Å². The molecule has 7 heteroatoms. The minimum absolute atomic E-state index is 0.0135. The van der Waals surface area contributed by atoms with Crippen molar-refractivity contribution in [3.63, 3.8) is 0 Å². The summed E-state index contributed by atoms with van der Waals surface area (Å²) in [4.78, 5) is 15.0. The standard InChI is InChI=1S/C11H17N3O3S/c1-3-8(2)10(11(12)15)14-18(16,17)9-5-4-6-13-7-9/h4-8,10,14H,3H2,1-2H3,(H2,12,15). The highest BCUT2D eigenvalue weighted by molar-refractivity contribution is 7.89. The van der Waals surface area contributed by atoms with Crippen molar-refractivity contribution < 1.29 is 13.2 Å². The van der Waals surface area contributed by atoms with Crippen LogP contribution in [-0.4, -0.2) is 25.4 Å². The minimum Gasteiger partial charge on any atom is -0.368 e. The Hall–Kier alpha value is -1.47. The van der Waals surface area contributed by atoms with Gasteiger partial charge >= 0.3 is 0 Å². The van der Waals surface area contributed by atoms with Crippen molar-refractivity contribution in [1.82, 2.24) is 9.71 Å². The first-order valence-electron chi connectivity index (χ1n) is 5.60. The molecular weight excluding hydrogens is 254 g/mol. The third-order valence-corrected chi connectivity index (χ3v) is 4.17. The molecule has 0 bridgehead atoms. The third kappa shape index (κ3) is 3.51. The number of nitrogens with one attached hydrogen (secondary N) is 1. The maximum absolute atomic E-state index is 12.0. The number of carbonyl (C=O) groups is 1. The molecule has 0 aliphatic rings. The van der Waals surface area contributed by atoms with E-state index in [-0.39, 0.29) is 10.8 Å². The Kier molecular flexibility index (Phi) is 4.80. The zero-order chi connectivity index (χ0) is 13.8. The fraction of sp³-hybridized carbons (Fsp3) is 0.455. The molecule has 1 aromatic rings. The number of hydrogen-bond acceptors (Lipinski definition) is 4. The van der Waals surface area contributed by atoms with Gasteiger partial charge in [0.1, 0.15) is 10.9 Å². The van der Waals surface area contributed by atoms with E-state index in [9.17, 15) is 13.2 Å². The van der Waals surface area contributed by atoms with Crippen LogP contribution in [0.2, 0.25) is 0 Å². The lowest BCUT2D eigenvalue weighted by atomic mass is 10.00. The molecule has 0 spiro atoms. The second kappa shape index (κ2) is 5.92. The summed E-state index contributed by atoms with van der Waals surface area (Å²) in [5, 5.41) is 0. The molecule has 1 heterocycles. The second-order valence-electron chi connectivity index (χ2n) is 4.08. The average molecular weight is 271 g/mol. The van der Waals surface area contributed by atoms with Crippen LogP contribution >= 0.6 is 0 Å². The summed E-state index contributed by atoms with van der Waals surface area (Å²) in [6, 6.07) is 2.00. The summed E-state index contributed by atoms with van der Waals surface area (Å²) < 4.78 is 26.3. The minimum atomic E-state index is -3.77. The molecule has 0 aromatic carbocycles. The van der Waals surface area contributed by atoms with Gasteiger partial charge in [-0.2, -0.15) is 4.72 Å². The van der Waals surface area contributed by atoms with E-state index in [1.807, 2.05) is 6.92 Å². The van der Waals surface area contributed by atoms with Gasteiger partial charge in [-0.1, -0.05) is 20.3 Å². The average Bonchev–Trinajstić information content (AvgIpc) is 2.36. The summed E-state index contributed by atoms with van der Waals surface area (Å²) in [6.07, 6.45) is 3.33. The van der Waals surface area contributed by atoms with Gasteiger partial charge in [0.05, 0.1) is 0 Å². The highest BCUT2D eigenvalue weighted by Gasteiger charge is 2.27. The first-order valence-corrected chi connectivity index (χ1v) is 7.08. The molecule has 1 rings (SSSR count). The van der Waals surface area contributed by atoms with Crippen molar-refractivity contribution in [2.75, 3.05) is 0 Å². The lowest BCUT2D eigenvalue weighted by Gasteiger charge is -2.20. The van der Waals surface area contributed by atoms with Gasteiger partial charge in [0, 0.05) is 12.4 Å². The Morgan fingerprint density at radius 2 is 2.22 bits per heavy atom. The van der Waals surface area contributed by atoms with E-state index in [4.69, 9.17) is 5.73 Å². The predicted molar refractivity (Wildman–Crippen MR) is 67.0 cm³/mol. The van der Waals surface area contributed by atoms with Crippen LogP contribution in [0.4, 0.5) is 0 Å². The van der Waals surface area contributed by atoms with Crippen LogP contribution in [0.3, 0.4) is 0 Å². The molecule has 3 N–H and O–H groups in total. The Morgan fingerprint density at radius 1 is 1.56 bits per heavy atom. The van der Waals surface area contributed by atoms with Gasteiger partial charge in [-0.25, -0.2) is 8.42 Å². The molecule has 0 fully saturated rings. The lowest BCUT2D eigenvalue weighted by molar-refractivity contribution is -0.120. The van der Waals surface area contributed by atoms with Gasteiger partial charge in [0.25, 0.3) is 0 Å². The second-order valence-corrected chi connectivity index (χ2v) is 5.79. The van der Waals surface area contributed by atoms with Crippen LogP contribution in [0.25, 0.3) is 0 Å². The van der Waals surface area contributed by atoms with E-state index in [1.54, 1.807) is 6.92 Å². The smallest absolute Gasteiger partial charge is 0.242 e. The lowest BCUT2D eigenvalue weighted by Crippen LogP contribution is -2.48. The normalized spacial score (nSPS) is 15.0. The number of carbonyl (C=O) groups excluding carboxylic acids is 1. The van der Waals surface area contributed by atoms with E-state index in [0.29, 0.717) is 6.42 Å². The van der Waals surface area contributed by atoms with Crippen molar-refractivity contribution in [3.8, 4) is 0 Å². The summed E-state index contributed by atoms with van der Waals surface area (Å²) in [5.74, 6) is -0.856. The SMILES string of the molecule is CCC(C)C(NS(=O)(=O)c1cccnc1)C(N)=O. The van der Waals surface area contributed by atoms with E-state index < -0.39 is 22.0 Å². The number of hydrogen-bond donors (Lipinski definition) is 2. The van der Waals surface area contributed by atoms with Crippen LogP contribution in [0.1, 0.15) is 20.3 Å². The van der Waals surface area contributed by atoms with Crippen molar-refractivity contribution in [2.45, 2.75) is 31.2 Å². The molecule has 2 unspecified atom stereocenters.